The van der Waals surface area contributed by atoms with Crippen LogP contribution < -0.4 is 9.47 Å². The van der Waals surface area contributed by atoms with Gasteiger partial charge in [0.25, 0.3) is 0 Å². The molecule has 0 fully saturated rings. The molecule has 0 bridgehead atoms. The lowest BCUT2D eigenvalue weighted by Gasteiger charge is -2.10. The van der Waals surface area contributed by atoms with Gasteiger partial charge in [0, 0.05) is 0 Å². The fourth-order valence-electron chi connectivity index (χ4n) is 3.60. The lowest BCUT2D eigenvalue weighted by atomic mass is 10.1. The minimum Gasteiger partial charge on any atom is -0.478 e. The maximum atomic E-state index is 11.4. The molecular formula is C28H18O10. The van der Waals surface area contributed by atoms with Crippen molar-refractivity contribution in [3.63, 3.8) is 0 Å². The second-order valence-electron chi connectivity index (χ2n) is 7.89. The standard InChI is InChI=1S/C28H18O10/c29-25(30)21-11-9-19(13-23(21)27(33)34)37-17-5-1-15(2-6-17)16-3-7-18(8-4-16)38-20-10-12-22(26(31)32)24(14-20)28(35)36/h1-14H,(H,29,30)(H,31,32)(H,33,34)(H,35,36). The van der Waals surface area contributed by atoms with Gasteiger partial charge >= 0.3 is 23.9 Å². The molecule has 0 spiro atoms. The van der Waals surface area contributed by atoms with Gasteiger partial charge in [-0.15, -0.1) is 0 Å². The molecule has 38 heavy (non-hydrogen) atoms. The fourth-order valence-corrected chi connectivity index (χ4v) is 3.60. The Labute approximate surface area is 214 Å². The van der Waals surface area contributed by atoms with E-state index >= 15 is 0 Å². The summed E-state index contributed by atoms with van der Waals surface area (Å²) in [7, 11) is 0. The molecule has 0 heterocycles. The summed E-state index contributed by atoms with van der Waals surface area (Å²) in [6.45, 7) is 0. The van der Waals surface area contributed by atoms with Crippen LogP contribution >= 0.6 is 0 Å². The Morgan fingerprint density at radius 3 is 0.974 bits per heavy atom. The van der Waals surface area contributed by atoms with E-state index < -0.39 is 23.9 Å². The van der Waals surface area contributed by atoms with Gasteiger partial charge in [-0.1, -0.05) is 24.3 Å². The molecule has 0 aromatic heterocycles. The highest BCUT2D eigenvalue weighted by molar-refractivity contribution is 6.02. The average Bonchev–Trinajstić information content (AvgIpc) is 2.89. The Hall–Kier alpha value is -5.64. The number of ether oxygens (including phenoxy) is 2. The molecule has 10 heteroatoms. The van der Waals surface area contributed by atoms with Gasteiger partial charge in [0.05, 0.1) is 22.3 Å². The lowest BCUT2D eigenvalue weighted by molar-refractivity contribution is 0.0651. The van der Waals surface area contributed by atoms with Crippen molar-refractivity contribution in [3.8, 4) is 34.1 Å². The van der Waals surface area contributed by atoms with Crippen LogP contribution in [-0.2, 0) is 0 Å². The van der Waals surface area contributed by atoms with Crippen LogP contribution in [0.15, 0.2) is 84.9 Å². The largest absolute Gasteiger partial charge is 0.478 e. The molecule has 0 radical (unpaired) electrons. The SMILES string of the molecule is O=C(O)c1ccc(Oc2ccc(-c3ccc(Oc4ccc(C(=O)O)c(C(=O)O)c4)cc3)cc2)cc1C(=O)O. The zero-order chi connectivity index (χ0) is 27.4. The molecule has 0 aliphatic heterocycles. The Morgan fingerprint density at radius 1 is 0.395 bits per heavy atom. The van der Waals surface area contributed by atoms with E-state index in [1.807, 2.05) is 0 Å². The second-order valence-corrected chi connectivity index (χ2v) is 7.89. The molecule has 0 amide bonds. The van der Waals surface area contributed by atoms with Crippen LogP contribution in [0.2, 0.25) is 0 Å². The maximum Gasteiger partial charge on any atom is 0.336 e. The van der Waals surface area contributed by atoms with Crippen LogP contribution in [0.3, 0.4) is 0 Å². The molecule has 4 N–H and O–H groups in total. The molecule has 0 aliphatic carbocycles. The number of aromatic carboxylic acids is 4. The van der Waals surface area contributed by atoms with Gasteiger partial charge in [-0.25, -0.2) is 19.2 Å². The van der Waals surface area contributed by atoms with Crippen LogP contribution in [0.25, 0.3) is 11.1 Å². The minimum absolute atomic E-state index is 0.170. The highest BCUT2D eigenvalue weighted by Crippen LogP contribution is 2.30. The summed E-state index contributed by atoms with van der Waals surface area (Å²) in [4.78, 5) is 45.1. The summed E-state index contributed by atoms with van der Waals surface area (Å²) in [5.74, 6) is -4.30. The van der Waals surface area contributed by atoms with Crippen molar-refractivity contribution in [3.05, 3.63) is 107 Å². The van der Waals surface area contributed by atoms with E-state index in [1.165, 1.54) is 24.3 Å². The van der Waals surface area contributed by atoms with Crippen LogP contribution in [0.4, 0.5) is 0 Å². The first kappa shape index (κ1) is 25.5. The Kier molecular flexibility index (Phi) is 7.06. The van der Waals surface area contributed by atoms with Crippen LogP contribution in [0, 0.1) is 0 Å². The third kappa shape index (κ3) is 5.60. The summed E-state index contributed by atoms with van der Waals surface area (Å²) in [6, 6.07) is 21.2. The minimum atomic E-state index is -1.38. The van der Waals surface area contributed by atoms with E-state index in [4.69, 9.17) is 19.7 Å². The number of hydrogen-bond donors (Lipinski definition) is 4. The van der Waals surface area contributed by atoms with Crippen molar-refractivity contribution in [1.29, 1.82) is 0 Å². The third-order valence-electron chi connectivity index (χ3n) is 5.42. The van der Waals surface area contributed by atoms with Crippen molar-refractivity contribution >= 4 is 23.9 Å². The molecule has 0 saturated carbocycles. The van der Waals surface area contributed by atoms with Gasteiger partial charge in [0.2, 0.25) is 0 Å². The quantitative estimate of drug-likeness (QED) is 0.216. The van der Waals surface area contributed by atoms with Crippen molar-refractivity contribution < 1.29 is 49.1 Å². The molecule has 0 saturated heterocycles. The lowest BCUT2D eigenvalue weighted by Crippen LogP contribution is -2.07. The van der Waals surface area contributed by atoms with Gasteiger partial charge in [0.15, 0.2) is 0 Å². The zero-order valence-corrected chi connectivity index (χ0v) is 19.3. The average molecular weight is 514 g/mol. The summed E-state index contributed by atoms with van der Waals surface area (Å²) in [6.07, 6.45) is 0. The summed E-state index contributed by atoms with van der Waals surface area (Å²) < 4.78 is 11.4. The van der Waals surface area contributed by atoms with Crippen molar-refractivity contribution in [2.24, 2.45) is 0 Å². The summed E-state index contributed by atoms with van der Waals surface area (Å²) >= 11 is 0. The molecular weight excluding hydrogens is 496 g/mol. The maximum absolute atomic E-state index is 11.4. The first-order chi connectivity index (χ1) is 18.1. The first-order valence-corrected chi connectivity index (χ1v) is 10.9. The van der Waals surface area contributed by atoms with E-state index in [0.29, 0.717) is 11.5 Å². The van der Waals surface area contributed by atoms with E-state index in [0.717, 1.165) is 23.3 Å². The van der Waals surface area contributed by atoms with Crippen LogP contribution in [-0.4, -0.2) is 44.3 Å². The van der Waals surface area contributed by atoms with Gasteiger partial charge in [-0.2, -0.15) is 0 Å². The van der Waals surface area contributed by atoms with Gasteiger partial charge in [0.1, 0.15) is 23.0 Å². The number of carbonyl (C=O) groups is 4. The molecule has 190 valence electrons. The van der Waals surface area contributed by atoms with Crippen molar-refractivity contribution in [1.82, 2.24) is 0 Å². The molecule has 0 unspecified atom stereocenters. The van der Waals surface area contributed by atoms with E-state index in [1.54, 1.807) is 48.5 Å². The second kappa shape index (κ2) is 10.5. The summed E-state index contributed by atoms with van der Waals surface area (Å²) in [5.41, 5.74) is 0.210. The Bertz CT molecular complexity index is 1440. The zero-order valence-electron chi connectivity index (χ0n) is 19.3. The molecule has 4 aromatic rings. The smallest absolute Gasteiger partial charge is 0.336 e. The predicted octanol–water partition coefficient (Wildman–Crippen LogP) is 5.73. The van der Waals surface area contributed by atoms with Gasteiger partial charge < -0.3 is 29.9 Å². The molecule has 0 atom stereocenters. The Balaban J connectivity index is 1.47. The monoisotopic (exact) mass is 514 g/mol. The molecule has 4 aromatic carbocycles. The predicted molar refractivity (Wildman–Crippen MR) is 133 cm³/mol. The van der Waals surface area contributed by atoms with Crippen molar-refractivity contribution in [2.45, 2.75) is 0 Å². The third-order valence-corrected chi connectivity index (χ3v) is 5.42. The number of hydrogen-bond acceptors (Lipinski definition) is 6. The fraction of sp³-hybridized carbons (Fsp3) is 0. The van der Waals surface area contributed by atoms with E-state index in [9.17, 15) is 29.4 Å². The van der Waals surface area contributed by atoms with Gasteiger partial charge in [-0.05, 0) is 71.8 Å². The van der Waals surface area contributed by atoms with E-state index in [2.05, 4.69) is 0 Å². The number of benzene rings is 4. The topological polar surface area (TPSA) is 168 Å². The molecule has 4 rings (SSSR count). The van der Waals surface area contributed by atoms with Crippen molar-refractivity contribution in [2.75, 3.05) is 0 Å². The van der Waals surface area contributed by atoms with Crippen LogP contribution in [0.1, 0.15) is 41.4 Å². The molecule has 10 nitrogen and oxygen atoms in total. The number of carboxylic acids is 4. The highest BCUT2D eigenvalue weighted by atomic mass is 16.5. The first-order valence-electron chi connectivity index (χ1n) is 10.9. The van der Waals surface area contributed by atoms with Crippen LogP contribution in [0.5, 0.6) is 23.0 Å². The van der Waals surface area contributed by atoms with E-state index in [-0.39, 0.29) is 33.8 Å². The number of rotatable bonds is 9. The summed E-state index contributed by atoms with van der Waals surface area (Å²) in [5, 5.41) is 36.8. The number of carboxylic acid groups (broad SMARTS) is 4. The Morgan fingerprint density at radius 2 is 0.684 bits per heavy atom. The highest BCUT2D eigenvalue weighted by Gasteiger charge is 2.18. The normalized spacial score (nSPS) is 10.4. The van der Waals surface area contributed by atoms with Gasteiger partial charge in [-0.3, -0.25) is 0 Å². The molecule has 0 aliphatic rings.